The third kappa shape index (κ3) is 3.12. The molecule has 0 aliphatic carbocycles. The number of carbonyl (C=O) groups is 1. The van der Waals surface area contributed by atoms with Crippen LogP contribution in [0.3, 0.4) is 0 Å². The van der Waals surface area contributed by atoms with Crippen LogP contribution in [0.25, 0.3) is 17.0 Å². The van der Waals surface area contributed by atoms with E-state index in [1.807, 2.05) is 48.0 Å². The Hall–Kier alpha value is -3.68. The lowest BCUT2D eigenvalue weighted by atomic mass is 10.1. The molecule has 8 heteroatoms. The van der Waals surface area contributed by atoms with Crippen molar-refractivity contribution in [1.29, 1.82) is 0 Å². The molecule has 1 aromatic carbocycles. The van der Waals surface area contributed by atoms with E-state index in [9.17, 15) is 4.79 Å². The quantitative estimate of drug-likeness (QED) is 0.603. The van der Waals surface area contributed by atoms with Gasteiger partial charge in [-0.15, -0.1) is 5.10 Å². The molecule has 1 N–H and O–H groups in total. The molecule has 4 aromatic rings. The van der Waals surface area contributed by atoms with Gasteiger partial charge >= 0.3 is 0 Å². The first-order valence-electron chi connectivity index (χ1n) is 8.35. The molecule has 0 bridgehead atoms. The maximum Gasteiger partial charge on any atom is 0.262 e. The average molecular weight is 362 g/mol. The van der Waals surface area contributed by atoms with Gasteiger partial charge in [0, 0.05) is 43.1 Å². The molecule has 0 aliphatic heterocycles. The van der Waals surface area contributed by atoms with E-state index in [0.717, 1.165) is 16.8 Å². The number of ether oxygens (including phenoxy) is 1. The number of carbonyl (C=O) groups excluding carboxylic acids is 1. The second kappa shape index (κ2) is 6.56. The minimum atomic E-state index is -0.281. The number of nitrogens with zero attached hydrogens (tertiary/aromatic N) is 5. The number of anilines is 1. The normalized spacial score (nSPS) is 10.9. The van der Waals surface area contributed by atoms with Gasteiger partial charge in [-0.2, -0.15) is 0 Å². The maximum absolute atomic E-state index is 12.7. The number of hydrogen-bond donors (Lipinski definition) is 1. The lowest BCUT2D eigenvalue weighted by Gasteiger charge is -2.09. The maximum atomic E-state index is 12.7. The number of aromatic nitrogens is 5. The van der Waals surface area contributed by atoms with Crippen molar-refractivity contribution >= 4 is 17.4 Å². The molecule has 136 valence electrons. The second-order valence-electron chi connectivity index (χ2n) is 6.16. The molecule has 0 saturated carbocycles. The predicted octanol–water partition coefficient (Wildman–Crippen LogP) is 2.70. The molecule has 27 heavy (non-hydrogen) atoms. The number of imidazole rings is 1. The third-order valence-corrected chi connectivity index (χ3v) is 4.25. The standard InChI is InChI=1S/C19H18N6O2/c1-12-5-6-13(16-11-25-8-4-7-20-19(25)22-16)9-15(12)21-17(26)14-10-24(2)23-18(14)27-3/h4-11H,1-3H3,(H,21,26). The van der Waals surface area contributed by atoms with E-state index in [0.29, 0.717) is 17.0 Å². The van der Waals surface area contributed by atoms with Crippen LogP contribution in [-0.4, -0.2) is 37.2 Å². The molecule has 0 unspecified atom stereocenters. The first-order chi connectivity index (χ1) is 13.0. The molecule has 8 nitrogen and oxygen atoms in total. The molecular weight excluding hydrogens is 344 g/mol. The molecule has 0 radical (unpaired) electrons. The minimum absolute atomic E-state index is 0.281. The van der Waals surface area contributed by atoms with Crippen LogP contribution >= 0.6 is 0 Å². The van der Waals surface area contributed by atoms with Gasteiger partial charge in [0.1, 0.15) is 5.56 Å². The van der Waals surface area contributed by atoms with Gasteiger partial charge < -0.3 is 10.1 Å². The molecule has 0 spiro atoms. The van der Waals surface area contributed by atoms with Gasteiger partial charge in [-0.05, 0) is 24.6 Å². The van der Waals surface area contributed by atoms with Crippen LogP contribution < -0.4 is 10.1 Å². The van der Waals surface area contributed by atoms with Gasteiger partial charge in [-0.25, -0.2) is 9.97 Å². The van der Waals surface area contributed by atoms with Crippen LogP contribution in [-0.2, 0) is 7.05 Å². The summed E-state index contributed by atoms with van der Waals surface area (Å²) in [7, 11) is 3.23. The molecular formula is C19H18N6O2. The minimum Gasteiger partial charge on any atom is -0.479 e. The number of aryl methyl sites for hydroxylation is 2. The van der Waals surface area contributed by atoms with Gasteiger partial charge in [-0.3, -0.25) is 13.9 Å². The Morgan fingerprint density at radius 1 is 1.26 bits per heavy atom. The van der Waals surface area contributed by atoms with Crippen LogP contribution in [0.5, 0.6) is 5.88 Å². The first-order valence-corrected chi connectivity index (χ1v) is 8.35. The zero-order valence-electron chi connectivity index (χ0n) is 15.2. The monoisotopic (exact) mass is 362 g/mol. The number of fused-ring (bicyclic) bond motifs is 1. The van der Waals surface area contributed by atoms with Crippen molar-refractivity contribution in [2.24, 2.45) is 7.05 Å². The SMILES string of the molecule is COc1nn(C)cc1C(=O)Nc1cc(-c2cn3cccnc3n2)ccc1C. The van der Waals surface area contributed by atoms with E-state index < -0.39 is 0 Å². The van der Waals surface area contributed by atoms with Crippen LogP contribution in [0, 0.1) is 6.92 Å². The fourth-order valence-corrected chi connectivity index (χ4v) is 2.85. The number of hydrogen-bond acceptors (Lipinski definition) is 5. The highest BCUT2D eigenvalue weighted by Gasteiger charge is 2.17. The van der Waals surface area contributed by atoms with E-state index in [4.69, 9.17) is 4.74 Å². The fraction of sp³-hybridized carbons (Fsp3) is 0.158. The molecule has 0 saturated heterocycles. The van der Waals surface area contributed by atoms with E-state index in [-0.39, 0.29) is 11.8 Å². The van der Waals surface area contributed by atoms with Gasteiger partial charge in [-0.1, -0.05) is 12.1 Å². The third-order valence-electron chi connectivity index (χ3n) is 4.25. The van der Waals surface area contributed by atoms with Gasteiger partial charge in [0.15, 0.2) is 0 Å². The molecule has 3 heterocycles. The number of amides is 1. The molecule has 0 atom stereocenters. The van der Waals surface area contributed by atoms with Crippen molar-refractivity contribution in [1.82, 2.24) is 24.1 Å². The predicted molar refractivity (Wildman–Crippen MR) is 101 cm³/mol. The summed E-state index contributed by atoms with van der Waals surface area (Å²) < 4.78 is 8.57. The van der Waals surface area contributed by atoms with Crippen LogP contribution in [0.4, 0.5) is 5.69 Å². The lowest BCUT2D eigenvalue weighted by Crippen LogP contribution is -2.13. The number of benzene rings is 1. The highest BCUT2D eigenvalue weighted by atomic mass is 16.5. The van der Waals surface area contributed by atoms with Crippen LogP contribution in [0.15, 0.2) is 49.1 Å². The lowest BCUT2D eigenvalue weighted by molar-refractivity contribution is 0.102. The molecule has 0 fully saturated rings. The summed E-state index contributed by atoms with van der Waals surface area (Å²) in [5, 5.41) is 7.05. The Balaban J connectivity index is 1.67. The summed E-state index contributed by atoms with van der Waals surface area (Å²) in [5.74, 6) is 0.630. The van der Waals surface area contributed by atoms with Gasteiger partial charge in [0.25, 0.3) is 5.91 Å². The molecule has 1 amide bonds. The van der Waals surface area contributed by atoms with Crippen molar-refractivity contribution in [3.63, 3.8) is 0 Å². The van der Waals surface area contributed by atoms with Gasteiger partial charge in [0.05, 0.1) is 12.8 Å². The molecule has 3 aromatic heterocycles. The van der Waals surface area contributed by atoms with Crippen molar-refractivity contribution in [2.45, 2.75) is 6.92 Å². The van der Waals surface area contributed by atoms with E-state index in [1.54, 1.807) is 24.1 Å². The average Bonchev–Trinajstić information content (AvgIpc) is 3.26. The second-order valence-corrected chi connectivity index (χ2v) is 6.16. The Bertz CT molecular complexity index is 1110. The Morgan fingerprint density at radius 3 is 2.89 bits per heavy atom. The van der Waals surface area contributed by atoms with Crippen molar-refractivity contribution in [2.75, 3.05) is 12.4 Å². The Kier molecular flexibility index (Phi) is 4.08. The Labute approximate surface area is 155 Å². The summed E-state index contributed by atoms with van der Waals surface area (Å²) >= 11 is 0. The summed E-state index contributed by atoms with van der Waals surface area (Å²) in [4.78, 5) is 21.4. The number of methoxy groups -OCH3 is 1. The van der Waals surface area contributed by atoms with Crippen LogP contribution in [0.2, 0.25) is 0 Å². The largest absolute Gasteiger partial charge is 0.479 e. The van der Waals surface area contributed by atoms with Gasteiger partial charge in [0.2, 0.25) is 11.7 Å². The van der Waals surface area contributed by atoms with E-state index >= 15 is 0 Å². The van der Waals surface area contributed by atoms with Crippen molar-refractivity contribution < 1.29 is 9.53 Å². The number of nitrogens with one attached hydrogen (secondary N) is 1. The summed E-state index contributed by atoms with van der Waals surface area (Å²) in [6.07, 6.45) is 7.13. The van der Waals surface area contributed by atoms with E-state index in [2.05, 4.69) is 20.4 Å². The van der Waals surface area contributed by atoms with E-state index in [1.165, 1.54) is 7.11 Å². The number of rotatable bonds is 4. The highest BCUT2D eigenvalue weighted by molar-refractivity contribution is 6.06. The summed E-state index contributed by atoms with van der Waals surface area (Å²) in [6.45, 7) is 1.94. The van der Waals surface area contributed by atoms with Crippen molar-refractivity contribution in [3.05, 3.63) is 60.2 Å². The fourth-order valence-electron chi connectivity index (χ4n) is 2.85. The zero-order chi connectivity index (χ0) is 19.0. The highest BCUT2D eigenvalue weighted by Crippen LogP contribution is 2.26. The summed E-state index contributed by atoms with van der Waals surface area (Å²) in [5.41, 5.74) is 3.69. The topological polar surface area (TPSA) is 86.3 Å². The Morgan fingerprint density at radius 2 is 2.11 bits per heavy atom. The molecule has 0 aliphatic rings. The zero-order valence-corrected chi connectivity index (χ0v) is 15.2. The first kappa shape index (κ1) is 16.8. The van der Waals surface area contributed by atoms with Crippen molar-refractivity contribution in [3.8, 4) is 17.1 Å². The van der Waals surface area contributed by atoms with Crippen LogP contribution in [0.1, 0.15) is 15.9 Å². The smallest absolute Gasteiger partial charge is 0.262 e. The molecule has 4 rings (SSSR count). The summed E-state index contributed by atoms with van der Waals surface area (Å²) in [6, 6.07) is 7.67.